The number of likely N-dealkylation sites (N-methyl/N-ethyl adjacent to an activating group) is 1. The molecule has 0 spiro atoms. The summed E-state index contributed by atoms with van der Waals surface area (Å²) >= 11 is 0. The maximum Gasteiger partial charge on any atom is 0.263 e. The number of hydrogen-bond acceptors (Lipinski definition) is 7. The van der Waals surface area contributed by atoms with Gasteiger partial charge in [-0.3, -0.25) is 19.4 Å². The fourth-order valence-corrected chi connectivity index (χ4v) is 5.21. The van der Waals surface area contributed by atoms with Crippen LogP contribution in [-0.2, 0) is 0 Å². The van der Waals surface area contributed by atoms with Gasteiger partial charge in [0.15, 0.2) is 0 Å². The molecule has 10 heteroatoms. The Morgan fingerprint density at radius 2 is 1.64 bits per heavy atom. The van der Waals surface area contributed by atoms with Crippen molar-refractivity contribution in [2.75, 3.05) is 48.8 Å². The van der Waals surface area contributed by atoms with Crippen molar-refractivity contribution >= 4 is 28.9 Å². The molecule has 5 rings (SSSR count). The lowest BCUT2D eigenvalue weighted by Gasteiger charge is -2.34. The summed E-state index contributed by atoms with van der Waals surface area (Å²) in [5, 5.41) is 9.37. The summed E-state index contributed by atoms with van der Waals surface area (Å²) in [6, 6.07) is 13.1. The van der Waals surface area contributed by atoms with Crippen LogP contribution in [-0.4, -0.2) is 72.0 Å². The largest absolute Gasteiger partial charge is 0.381 e. The van der Waals surface area contributed by atoms with Crippen LogP contribution in [0, 0.1) is 0 Å². The van der Waals surface area contributed by atoms with Crippen LogP contribution in [0.1, 0.15) is 46.4 Å². The van der Waals surface area contributed by atoms with Gasteiger partial charge in [-0.05, 0) is 75.2 Å². The molecule has 0 atom stereocenters. The van der Waals surface area contributed by atoms with Crippen LogP contribution < -0.4 is 26.4 Å². The van der Waals surface area contributed by atoms with Crippen LogP contribution >= 0.6 is 0 Å². The van der Waals surface area contributed by atoms with E-state index >= 15 is 0 Å². The minimum absolute atomic E-state index is 0.0626. The van der Waals surface area contributed by atoms with Gasteiger partial charge in [0.05, 0.1) is 11.3 Å². The van der Waals surface area contributed by atoms with Gasteiger partial charge in [-0.2, -0.15) is 0 Å². The summed E-state index contributed by atoms with van der Waals surface area (Å²) in [4.78, 5) is 49.6. The lowest BCUT2D eigenvalue weighted by atomic mass is 9.90. The van der Waals surface area contributed by atoms with Gasteiger partial charge >= 0.3 is 0 Å². The second-order valence-corrected chi connectivity index (χ2v) is 10.3. The SMILES string of the molecule is CN1CCN(c2ccc(NC(=O)c3c(NC4CCC(NC(=O)c5cccnc5)CC4)cc[nH]c3=O)cc2)CC1. The summed E-state index contributed by atoms with van der Waals surface area (Å²) in [6.07, 6.45) is 7.96. The number of piperazine rings is 1. The van der Waals surface area contributed by atoms with E-state index in [2.05, 4.69) is 42.8 Å². The number of anilines is 3. The molecule has 3 heterocycles. The number of benzene rings is 1. The van der Waals surface area contributed by atoms with Crippen molar-refractivity contribution < 1.29 is 9.59 Å². The lowest BCUT2D eigenvalue weighted by molar-refractivity contribution is 0.0925. The summed E-state index contributed by atoms with van der Waals surface area (Å²) in [6.45, 7) is 3.98. The van der Waals surface area contributed by atoms with Crippen LogP contribution in [0.2, 0.25) is 0 Å². The number of rotatable bonds is 7. The smallest absolute Gasteiger partial charge is 0.263 e. The Balaban J connectivity index is 1.18. The molecule has 39 heavy (non-hydrogen) atoms. The first-order chi connectivity index (χ1) is 19.0. The zero-order valence-electron chi connectivity index (χ0n) is 22.2. The maximum atomic E-state index is 13.2. The normalized spacial score (nSPS) is 19.8. The van der Waals surface area contributed by atoms with Gasteiger partial charge in [0.1, 0.15) is 5.56 Å². The first kappa shape index (κ1) is 26.4. The van der Waals surface area contributed by atoms with E-state index < -0.39 is 11.5 Å². The van der Waals surface area contributed by atoms with Gasteiger partial charge in [0.2, 0.25) is 0 Å². The predicted octanol–water partition coefficient (Wildman–Crippen LogP) is 2.93. The van der Waals surface area contributed by atoms with Crippen molar-refractivity contribution in [2.45, 2.75) is 37.8 Å². The Morgan fingerprint density at radius 1 is 0.923 bits per heavy atom. The van der Waals surface area contributed by atoms with Crippen molar-refractivity contribution in [1.29, 1.82) is 0 Å². The summed E-state index contributed by atoms with van der Waals surface area (Å²) in [5.41, 5.74) is 2.43. The van der Waals surface area contributed by atoms with Gasteiger partial charge in [-0.15, -0.1) is 0 Å². The Hall–Kier alpha value is -4.18. The molecule has 0 unspecified atom stereocenters. The topological polar surface area (TPSA) is 122 Å². The third kappa shape index (κ3) is 6.64. The highest BCUT2D eigenvalue weighted by Crippen LogP contribution is 2.25. The average Bonchev–Trinajstić information content (AvgIpc) is 2.95. The van der Waals surface area contributed by atoms with E-state index in [0.717, 1.165) is 57.5 Å². The van der Waals surface area contributed by atoms with Crippen LogP contribution in [0.15, 0.2) is 65.8 Å². The number of aromatic amines is 1. The zero-order chi connectivity index (χ0) is 27.2. The van der Waals surface area contributed by atoms with E-state index in [9.17, 15) is 14.4 Å². The quantitative estimate of drug-likeness (QED) is 0.371. The van der Waals surface area contributed by atoms with E-state index in [4.69, 9.17) is 0 Å². The molecule has 4 N–H and O–H groups in total. The van der Waals surface area contributed by atoms with Crippen molar-refractivity contribution in [3.05, 3.63) is 82.5 Å². The fourth-order valence-electron chi connectivity index (χ4n) is 5.21. The van der Waals surface area contributed by atoms with Crippen LogP contribution in [0.5, 0.6) is 0 Å². The number of hydrogen-bond donors (Lipinski definition) is 4. The number of pyridine rings is 2. The number of nitrogens with one attached hydrogen (secondary N) is 4. The lowest BCUT2D eigenvalue weighted by Crippen LogP contribution is -2.44. The summed E-state index contributed by atoms with van der Waals surface area (Å²) in [7, 11) is 2.13. The molecule has 10 nitrogen and oxygen atoms in total. The Kier molecular flexibility index (Phi) is 8.21. The number of nitrogens with zero attached hydrogens (tertiary/aromatic N) is 3. The number of carbonyl (C=O) groups excluding carboxylic acids is 2. The van der Waals surface area contributed by atoms with Gasteiger partial charge in [-0.25, -0.2) is 0 Å². The molecule has 204 valence electrons. The average molecular weight is 530 g/mol. The van der Waals surface area contributed by atoms with Gasteiger partial charge in [0.25, 0.3) is 17.4 Å². The second kappa shape index (κ2) is 12.1. The van der Waals surface area contributed by atoms with E-state index in [1.54, 1.807) is 36.8 Å². The molecular formula is C29H35N7O3. The van der Waals surface area contributed by atoms with Crippen LogP contribution in [0.3, 0.4) is 0 Å². The first-order valence-electron chi connectivity index (χ1n) is 13.5. The van der Waals surface area contributed by atoms with Gasteiger partial charge < -0.3 is 30.7 Å². The van der Waals surface area contributed by atoms with E-state index in [0.29, 0.717) is 16.9 Å². The maximum absolute atomic E-state index is 13.2. The minimum atomic E-state index is -0.455. The predicted molar refractivity (Wildman–Crippen MR) is 153 cm³/mol. The fraction of sp³-hybridized carbons (Fsp3) is 0.379. The van der Waals surface area contributed by atoms with Crippen molar-refractivity contribution in [1.82, 2.24) is 20.2 Å². The number of carbonyl (C=O) groups is 2. The van der Waals surface area contributed by atoms with Crippen LogP contribution in [0.4, 0.5) is 17.1 Å². The molecule has 1 aromatic carbocycles. The molecule has 2 amide bonds. The van der Waals surface area contributed by atoms with E-state index in [1.807, 2.05) is 24.3 Å². The minimum Gasteiger partial charge on any atom is -0.381 e. The Morgan fingerprint density at radius 3 is 2.33 bits per heavy atom. The Labute approximate surface area is 227 Å². The molecule has 0 bridgehead atoms. The molecule has 2 aliphatic rings. The van der Waals surface area contributed by atoms with Crippen molar-refractivity contribution in [3.63, 3.8) is 0 Å². The highest BCUT2D eigenvalue weighted by molar-refractivity contribution is 6.07. The highest BCUT2D eigenvalue weighted by atomic mass is 16.2. The molecule has 2 aromatic heterocycles. The molecule has 1 saturated carbocycles. The molecule has 1 aliphatic heterocycles. The van der Waals surface area contributed by atoms with Crippen molar-refractivity contribution in [3.8, 4) is 0 Å². The third-order valence-electron chi connectivity index (χ3n) is 7.53. The monoisotopic (exact) mass is 529 g/mol. The van der Waals surface area contributed by atoms with Crippen LogP contribution in [0.25, 0.3) is 0 Å². The third-order valence-corrected chi connectivity index (χ3v) is 7.53. The number of amides is 2. The van der Waals surface area contributed by atoms with E-state index in [1.165, 1.54) is 0 Å². The molecule has 3 aromatic rings. The molecule has 1 aliphatic carbocycles. The highest BCUT2D eigenvalue weighted by Gasteiger charge is 2.25. The first-order valence-corrected chi connectivity index (χ1v) is 13.5. The standard InChI is InChI=1S/C29H35N7O3/c1-35-15-17-36(18-16-35)24-10-8-23(9-11-24)34-29(39)26-25(12-14-31-28(26)38)32-21-4-6-22(7-5-21)33-27(37)20-3-2-13-30-19-20/h2-3,8-14,19,21-22H,4-7,15-18H2,1H3,(H,33,37)(H,34,39)(H2,31,32,38). The van der Waals surface area contributed by atoms with E-state index in [-0.39, 0.29) is 23.6 Å². The van der Waals surface area contributed by atoms with Gasteiger partial charge in [0, 0.05) is 68.2 Å². The molecular weight excluding hydrogens is 494 g/mol. The van der Waals surface area contributed by atoms with Gasteiger partial charge in [-0.1, -0.05) is 0 Å². The molecule has 2 fully saturated rings. The zero-order valence-corrected chi connectivity index (χ0v) is 22.2. The Bertz CT molecular complexity index is 1330. The molecule has 0 radical (unpaired) electrons. The summed E-state index contributed by atoms with van der Waals surface area (Å²) < 4.78 is 0. The summed E-state index contributed by atoms with van der Waals surface area (Å²) in [5.74, 6) is -0.575. The number of aromatic nitrogens is 2. The second-order valence-electron chi connectivity index (χ2n) is 10.3. The number of H-pyrrole nitrogens is 1. The molecule has 1 saturated heterocycles. The van der Waals surface area contributed by atoms with Crippen molar-refractivity contribution in [2.24, 2.45) is 0 Å².